The Labute approximate surface area is 97.4 Å². The van der Waals surface area contributed by atoms with E-state index in [1.54, 1.807) is 0 Å². The summed E-state index contributed by atoms with van der Waals surface area (Å²) < 4.78 is 0. The van der Waals surface area contributed by atoms with Gasteiger partial charge in [-0.2, -0.15) is 0 Å². The first-order chi connectivity index (χ1) is 7.71. The van der Waals surface area contributed by atoms with Crippen molar-refractivity contribution in [3.63, 3.8) is 0 Å². The Kier molecular flexibility index (Phi) is 2.18. The minimum absolute atomic E-state index is 0.347. The Morgan fingerprint density at radius 3 is 2.56 bits per heavy atom. The number of hydrogen-bond acceptors (Lipinski definition) is 1. The van der Waals surface area contributed by atoms with Gasteiger partial charge in [-0.25, -0.2) is 0 Å². The maximum atomic E-state index is 6.01. The van der Waals surface area contributed by atoms with Crippen molar-refractivity contribution >= 4 is 5.57 Å². The Balaban J connectivity index is 1.94. The highest BCUT2D eigenvalue weighted by atomic mass is 14.6. The Bertz CT molecular complexity index is 425. The molecule has 0 unspecified atom stereocenters. The Morgan fingerprint density at radius 2 is 1.88 bits per heavy atom. The maximum Gasteiger partial charge on any atom is 0.00394 e. The molecule has 1 nitrogen and oxygen atoms in total. The third-order valence-electron chi connectivity index (χ3n) is 4.50. The molecule has 2 N–H and O–H groups in total. The van der Waals surface area contributed by atoms with Crippen LogP contribution in [0.25, 0.3) is 5.57 Å². The van der Waals surface area contributed by atoms with Gasteiger partial charge in [-0.05, 0) is 54.2 Å². The van der Waals surface area contributed by atoms with Crippen molar-refractivity contribution in [1.82, 2.24) is 0 Å². The van der Waals surface area contributed by atoms with E-state index in [4.69, 9.17) is 5.73 Å². The van der Waals surface area contributed by atoms with Crippen molar-refractivity contribution in [1.29, 1.82) is 0 Å². The number of rotatable bonds is 0. The van der Waals surface area contributed by atoms with Gasteiger partial charge in [0.1, 0.15) is 0 Å². The fraction of sp³-hybridized carbons (Fsp3) is 0.467. The average Bonchev–Trinajstić information content (AvgIpc) is 2.58. The van der Waals surface area contributed by atoms with Gasteiger partial charge in [-0.1, -0.05) is 30.8 Å². The van der Waals surface area contributed by atoms with Gasteiger partial charge in [0.15, 0.2) is 0 Å². The summed E-state index contributed by atoms with van der Waals surface area (Å²) in [6, 6.07) is 9.16. The van der Waals surface area contributed by atoms with E-state index in [2.05, 4.69) is 30.8 Å². The molecule has 2 aliphatic carbocycles. The molecule has 1 saturated carbocycles. The third kappa shape index (κ3) is 1.35. The fourth-order valence-electron chi connectivity index (χ4n) is 3.40. The summed E-state index contributed by atoms with van der Waals surface area (Å²) in [5, 5.41) is 0. The molecule has 0 saturated heterocycles. The van der Waals surface area contributed by atoms with Crippen LogP contribution in [0.1, 0.15) is 36.8 Å². The lowest BCUT2D eigenvalue weighted by Crippen LogP contribution is -2.33. The monoisotopic (exact) mass is 213 g/mol. The molecule has 2 aliphatic rings. The van der Waals surface area contributed by atoms with Crippen molar-refractivity contribution < 1.29 is 0 Å². The molecule has 0 amide bonds. The summed E-state index contributed by atoms with van der Waals surface area (Å²) >= 11 is 0. The molecule has 1 aromatic carbocycles. The van der Waals surface area contributed by atoms with Crippen molar-refractivity contribution in [2.45, 2.75) is 38.1 Å². The molecule has 0 atom stereocenters. The highest BCUT2D eigenvalue weighted by Crippen LogP contribution is 2.53. The van der Waals surface area contributed by atoms with Gasteiger partial charge in [0, 0.05) is 6.04 Å². The van der Waals surface area contributed by atoms with Crippen LogP contribution < -0.4 is 5.73 Å². The summed E-state index contributed by atoms with van der Waals surface area (Å²) in [5.41, 5.74) is 10.6. The topological polar surface area (TPSA) is 26.0 Å². The summed E-state index contributed by atoms with van der Waals surface area (Å²) in [7, 11) is 0. The highest BCUT2D eigenvalue weighted by molar-refractivity contribution is 5.75. The van der Waals surface area contributed by atoms with Crippen LogP contribution in [-0.4, -0.2) is 6.04 Å². The first kappa shape index (κ1) is 10.1. The number of fused-ring (bicyclic) bond motifs is 1. The molecule has 1 aromatic rings. The molecular weight excluding hydrogens is 194 g/mol. The van der Waals surface area contributed by atoms with Gasteiger partial charge in [-0.15, -0.1) is 0 Å². The molecule has 3 rings (SSSR count). The zero-order valence-electron chi connectivity index (χ0n) is 9.71. The van der Waals surface area contributed by atoms with Gasteiger partial charge in [0.25, 0.3) is 0 Å². The van der Waals surface area contributed by atoms with E-state index in [-0.39, 0.29) is 0 Å². The van der Waals surface area contributed by atoms with E-state index in [0.717, 1.165) is 12.8 Å². The van der Waals surface area contributed by atoms with Gasteiger partial charge >= 0.3 is 0 Å². The SMILES string of the molecule is C=C1c2ccccc2CC12CCC(N)CC2. The van der Waals surface area contributed by atoms with E-state index in [1.807, 2.05) is 0 Å². The molecule has 1 fully saturated rings. The van der Waals surface area contributed by atoms with Crippen LogP contribution >= 0.6 is 0 Å². The lowest BCUT2D eigenvalue weighted by molar-refractivity contribution is 0.257. The van der Waals surface area contributed by atoms with Crippen molar-refractivity contribution in [2.24, 2.45) is 11.1 Å². The smallest absolute Gasteiger partial charge is 0.00394 e. The number of hydrogen-bond donors (Lipinski definition) is 1. The van der Waals surface area contributed by atoms with Crippen LogP contribution in [0.5, 0.6) is 0 Å². The largest absolute Gasteiger partial charge is 0.328 e. The number of allylic oxidation sites excluding steroid dienone is 1. The van der Waals surface area contributed by atoms with Crippen LogP contribution in [0, 0.1) is 5.41 Å². The Morgan fingerprint density at radius 1 is 1.19 bits per heavy atom. The van der Waals surface area contributed by atoms with Gasteiger partial charge in [0.2, 0.25) is 0 Å². The van der Waals surface area contributed by atoms with Crippen LogP contribution in [-0.2, 0) is 6.42 Å². The van der Waals surface area contributed by atoms with Gasteiger partial charge in [-0.3, -0.25) is 0 Å². The minimum Gasteiger partial charge on any atom is -0.328 e. The van der Waals surface area contributed by atoms with Gasteiger partial charge in [0.05, 0.1) is 0 Å². The van der Waals surface area contributed by atoms with Crippen LogP contribution in [0.15, 0.2) is 30.8 Å². The third-order valence-corrected chi connectivity index (χ3v) is 4.50. The Hall–Kier alpha value is -1.08. The summed E-state index contributed by atoms with van der Waals surface area (Å²) in [6.45, 7) is 4.36. The highest BCUT2D eigenvalue weighted by Gasteiger charge is 2.42. The average molecular weight is 213 g/mol. The van der Waals surface area contributed by atoms with E-state index in [1.165, 1.54) is 36.0 Å². The maximum absolute atomic E-state index is 6.01. The molecular formula is C15H19N. The molecule has 1 spiro atoms. The predicted molar refractivity (Wildman–Crippen MR) is 68.1 cm³/mol. The zero-order chi connectivity index (χ0) is 11.2. The number of benzene rings is 1. The summed E-state index contributed by atoms with van der Waals surface area (Å²) in [6.07, 6.45) is 5.96. The van der Waals surface area contributed by atoms with Crippen molar-refractivity contribution in [3.8, 4) is 0 Å². The summed E-state index contributed by atoms with van der Waals surface area (Å²) in [4.78, 5) is 0. The second-order valence-corrected chi connectivity index (χ2v) is 5.43. The van der Waals surface area contributed by atoms with Crippen molar-refractivity contribution in [3.05, 3.63) is 42.0 Å². The summed E-state index contributed by atoms with van der Waals surface area (Å²) in [5.74, 6) is 0. The quantitative estimate of drug-likeness (QED) is 0.704. The molecule has 0 radical (unpaired) electrons. The van der Waals surface area contributed by atoms with Crippen molar-refractivity contribution in [2.75, 3.05) is 0 Å². The first-order valence-electron chi connectivity index (χ1n) is 6.24. The minimum atomic E-state index is 0.347. The second kappa shape index (κ2) is 3.46. The van der Waals surface area contributed by atoms with E-state index in [9.17, 15) is 0 Å². The molecule has 84 valence electrons. The number of nitrogens with two attached hydrogens (primary N) is 1. The van der Waals surface area contributed by atoms with E-state index >= 15 is 0 Å². The standard InChI is InChI=1S/C15H19N/c1-11-14-5-3-2-4-12(14)10-15(11)8-6-13(16)7-9-15/h2-5,13H,1,6-10,16H2. The molecule has 0 aromatic heterocycles. The molecule has 0 heterocycles. The molecule has 16 heavy (non-hydrogen) atoms. The van der Waals surface area contributed by atoms with Crippen LogP contribution in [0.3, 0.4) is 0 Å². The first-order valence-corrected chi connectivity index (χ1v) is 6.24. The lowest BCUT2D eigenvalue weighted by atomic mass is 9.69. The van der Waals surface area contributed by atoms with E-state index in [0.29, 0.717) is 11.5 Å². The predicted octanol–water partition coefficient (Wildman–Crippen LogP) is 3.14. The fourth-order valence-corrected chi connectivity index (χ4v) is 3.40. The molecule has 0 bridgehead atoms. The van der Waals surface area contributed by atoms with Crippen LogP contribution in [0.4, 0.5) is 0 Å². The molecule has 0 aliphatic heterocycles. The zero-order valence-corrected chi connectivity index (χ0v) is 9.71. The lowest BCUT2D eigenvalue weighted by Gasteiger charge is -2.37. The second-order valence-electron chi connectivity index (χ2n) is 5.43. The van der Waals surface area contributed by atoms with Gasteiger partial charge < -0.3 is 5.73 Å². The van der Waals surface area contributed by atoms with Crippen LogP contribution in [0.2, 0.25) is 0 Å². The normalized spacial score (nSPS) is 33.1. The molecule has 1 heteroatoms. The van der Waals surface area contributed by atoms with E-state index < -0.39 is 0 Å².